The maximum absolute atomic E-state index is 11.8. The van der Waals surface area contributed by atoms with Crippen LogP contribution >= 0.6 is 0 Å². The molecule has 3 N–H and O–H groups in total. The Hall–Kier alpha value is -1.76. The highest BCUT2D eigenvalue weighted by Crippen LogP contribution is 2.25. The van der Waals surface area contributed by atoms with Crippen molar-refractivity contribution in [2.24, 2.45) is 0 Å². The molecule has 1 unspecified atom stereocenters. The number of nitrogens with one attached hydrogen (secondary N) is 2. The Morgan fingerprint density at radius 1 is 1.41 bits per heavy atom. The maximum Gasteiger partial charge on any atom is 0.317 e. The molecule has 2 amide bonds. The minimum Gasteiger partial charge on any atom is -0.497 e. The molecule has 1 fully saturated rings. The van der Waals surface area contributed by atoms with Gasteiger partial charge in [0.05, 0.1) is 19.4 Å². The van der Waals surface area contributed by atoms with Crippen LogP contribution in [0.4, 0.5) is 4.79 Å². The number of carbonyl (C=O) groups excluding carboxylic acids is 1. The van der Waals surface area contributed by atoms with Gasteiger partial charge in [-0.2, -0.15) is 0 Å². The smallest absolute Gasteiger partial charge is 0.317 e. The first kappa shape index (κ1) is 16.6. The number of urea groups is 1. The molecular weight excluding hydrogens is 286 g/mol. The molecule has 1 aliphatic carbocycles. The third-order valence-electron chi connectivity index (χ3n) is 4.22. The first-order valence-corrected chi connectivity index (χ1v) is 7.89. The summed E-state index contributed by atoms with van der Waals surface area (Å²) >= 11 is 0. The van der Waals surface area contributed by atoms with E-state index < -0.39 is 5.97 Å². The standard InChI is InChI=1S/C15H25N3O4/c1-2-18(10-14(19)20)12-7-11(8-12)17-15(21)16-9-13-5-3-4-6-22-13/h4,6,11-13H,2-3,5,7-10H2,1H3,(H,19,20)(H2,16,17,21). The number of ether oxygens (including phenoxy) is 1. The summed E-state index contributed by atoms with van der Waals surface area (Å²) in [6, 6.07) is 0.195. The number of rotatable bonds is 7. The van der Waals surface area contributed by atoms with E-state index in [2.05, 4.69) is 10.6 Å². The fraction of sp³-hybridized carbons (Fsp3) is 0.733. The molecule has 0 aromatic rings. The lowest BCUT2D eigenvalue weighted by molar-refractivity contribution is -0.139. The van der Waals surface area contributed by atoms with Crippen LogP contribution in [0.2, 0.25) is 0 Å². The molecule has 1 saturated carbocycles. The molecule has 0 aromatic carbocycles. The number of carboxylic acids is 1. The molecule has 0 spiro atoms. The van der Waals surface area contributed by atoms with Crippen molar-refractivity contribution in [3.8, 4) is 0 Å². The fourth-order valence-corrected chi connectivity index (χ4v) is 2.85. The minimum atomic E-state index is -0.808. The monoisotopic (exact) mass is 311 g/mol. The number of aliphatic carboxylic acids is 1. The zero-order valence-electron chi connectivity index (χ0n) is 13.0. The molecule has 7 heteroatoms. The second-order valence-electron chi connectivity index (χ2n) is 5.84. The SMILES string of the molecule is CCN(CC(=O)O)C1CC(NC(=O)NCC2CCC=CO2)C1. The van der Waals surface area contributed by atoms with Gasteiger partial charge in [0.1, 0.15) is 6.10 Å². The van der Waals surface area contributed by atoms with Crippen LogP contribution in [0.25, 0.3) is 0 Å². The number of carbonyl (C=O) groups is 2. The molecule has 1 atom stereocenters. The van der Waals surface area contributed by atoms with Crippen molar-refractivity contribution >= 4 is 12.0 Å². The van der Waals surface area contributed by atoms with Crippen LogP contribution in [-0.4, -0.2) is 59.8 Å². The van der Waals surface area contributed by atoms with E-state index in [0.29, 0.717) is 13.1 Å². The van der Waals surface area contributed by atoms with Crippen molar-refractivity contribution in [3.63, 3.8) is 0 Å². The number of likely N-dealkylation sites (N-methyl/N-ethyl adjacent to an activating group) is 1. The van der Waals surface area contributed by atoms with Gasteiger partial charge in [0.15, 0.2) is 0 Å². The maximum atomic E-state index is 11.8. The Morgan fingerprint density at radius 3 is 2.77 bits per heavy atom. The summed E-state index contributed by atoms with van der Waals surface area (Å²) < 4.78 is 5.39. The van der Waals surface area contributed by atoms with E-state index in [1.54, 1.807) is 6.26 Å². The van der Waals surface area contributed by atoms with Crippen LogP contribution in [0.5, 0.6) is 0 Å². The van der Waals surface area contributed by atoms with E-state index in [9.17, 15) is 9.59 Å². The lowest BCUT2D eigenvalue weighted by Gasteiger charge is -2.42. The zero-order valence-corrected chi connectivity index (χ0v) is 13.0. The van der Waals surface area contributed by atoms with Gasteiger partial charge >= 0.3 is 12.0 Å². The molecular formula is C15H25N3O4. The average molecular weight is 311 g/mol. The van der Waals surface area contributed by atoms with Crippen molar-refractivity contribution in [1.82, 2.24) is 15.5 Å². The number of hydrogen-bond acceptors (Lipinski definition) is 4. The molecule has 0 aromatic heterocycles. The second kappa shape index (κ2) is 8.03. The molecule has 124 valence electrons. The predicted octanol–water partition coefficient (Wildman–Crippen LogP) is 0.916. The largest absolute Gasteiger partial charge is 0.497 e. The van der Waals surface area contributed by atoms with E-state index in [1.165, 1.54) is 0 Å². The molecule has 0 saturated heterocycles. The van der Waals surface area contributed by atoms with Gasteiger partial charge in [-0.25, -0.2) is 4.79 Å². The molecule has 2 aliphatic rings. The Bertz CT molecular complexity index is 421. The van der Waals surface area contributed by atoms with Crippen LogP contribution in [0.15, 0.2) is 12.3 Å². The van der Waals surface area contributed by atoms with Gasteiger partial charge in [-0.05, 0) is 38.3 Å². The second-order valence-corrected chi connectivity index (χ2v) is 5.84. The highest BCUT2D eigenvalue weighted by molar-refractivity contribution is 5.74. The quantitative estimate of drug-likeness (QED) is 0.650. The number of amides is 2. The van der Waals surface area contributed by atoms with Gasteiger partial charge in [0.2, 0.25) is 0 Å². The Kier molecular flexibility index (Phi) is 6.06. The summed E-state index contributed by atoms with van der Waals surface area (Å²) in [5.74, 6) is -0.808. The normalized spacial score (nSPS) is 26.9. The highest BCUT2D eigenvalue weighted by atomic mass is 16.5. The molecule has 2 rings (SSSR count). The number of allylic oxidation sites excluding steroid dienone is 1. The number of carboxylic acid groups (broad SMARTS) is 1. The van der Waals surface area contributed by atoms with Crippen molar-refractivity contribution in [3.05, 3.63) is 12.3 Å². The Morgan fingerprint density at radius 2 is 2.18 bits per heavy atom. The van der Waals surface area contributed by atoms with E-state index in [1.807, 2.05) is 17.9 Å². The first-order valence-electron chi connectivity index (χ1n) is 7.89. The molecule has 0 radical (unpaired) electrons. The lowest BCUT2D eigenvalue weighted by atomic mass is 9.85. The zero-order chi connectivity index (χ0) is 15.9. The number of hydrogen-bond donors (Lipinski definition) is 3. The van der Waals surface area contributed by atoms with Crippen LogP contribution in [-0.2, 0) is 9.53 Å². The molecule has 1 heterocycles. The highest BCUT2D eigenvalue weighted by Gasteiger charge is 2.34. The molecule has 1 aliphatic heterocycles. The van der Waals surface area contributed by atoms with Crippen LogP contribution in [0.1, 0.15) is 32.6 Å². The predicted molar refractivity (Wildman–Crippen MR) is 81.5 cm³/mol. The van der Waals surface area contributed by atoms with Crippen LogP contribution in [0.3, 0.4) is 0 Å². The van der Waals surface area contributed by atoms with E-state index >= 15 is 0 Å². The molecule has 22 heavy (non-hydrogen) atoms. The topological polar surface area (TPSA) is 90.9 Å². The molecule has 0 bridgehead atoms. The van der Waals surface area contributed by atoms with E-state index in [0.717, 1.165) is 25.7 Å². The van der Waals surface area contributed by atoms with Gasteiger partial charge in [-0.1, -0.05) is 6.92 Å². The van der Waals surface area contributed by atoms with Crippen LogP contribution in [0, 0.1) is 0 Å². The van der Waals surface area contributed by atoms with E-state index in [-0.39, 0.29) is 30.8 Å². The van der Waals surface area contributed by atoms with Crippen molar-refractivity contribution < 1.29 is 19.4 Å². The average Bonchev–Trinajstić information content (AvgIpc) is 2.47. The first-order chi connectivity index (χ1) is 10.6. The van der Waals surface area contributed by atoms with Gasteiger partial charge in [0.25, 0.3) is 0 Å². The third kappa shape index (κ3) is 4.91. The summed E-state index contributed by atoms with van der Waals surface area (Å²) in [5.41, 5.74) is 0. The van der Waals surface area contributed by atoms with Crippen molar-refractivity contribution in [1.29, 1.82) is 0 Å². The fourth-order valence-electron chi connectivity index (χ4n) is 2.85. The Balaban J connectivity index is 1.61. The van der Waals surface area contributed by atoms with Crippen molar-refractivity contribution in [2.75, 3.05) is 19.6 Å². The summed E-state index contributed by atoms with van der Waals surface area (Å²) in [6.07, 6.45) is 7.22. The van der Waals surface area contributed by atoms with Gasteiger partial charge in [-0.15, -0.1) is 0 Å². The summed E-state index contributed by atoms with van der Waals surface area (Å²) in [7, 11) is 0. The minimum absolute atomic E-state index is 0.0519. The van der Waals surface area contributed by atoms with Gasteiger partial charge in [-0.3, -0.25) is 9.69 Å². The molecule has 7 nitrogen and oxygen atoms in total. The summed E-state index contributed by atoms with van der Waals surface area (Å²) in [6.45, 7) is 3.23. The van der Waals surface area contributed by atoms with Crippen molar-refractivity contribution in [2.45, 2.75) is 50.8 Å². The summed E-state index contributed by atoms with van der Waals surface area (Å²) in [4.78, 5) is 24.5. The summed E-state index contributed by atoms with van der Waals surface area (Å²) in [5, 5.41) is 14.6. The number of nitrogens with zero attached hydrogens (tertiary/aromatic N) is 1. The lowest BCUT2D eigenvalue weighted by Crippen LogP contribution is -2.56. The van der Waals surface area contributed by atoms with Gasteiger partial charge in [0, 0.05) is 12.1 Å². The third-order valence-corrected chi connectivity index (χ3v) is 4.22. The Labute approximate surface area is 130 Å². The van der Waals surface area contributed by atoms with Crippen LogP contribution < -0.4 is 10.6 Å². The van der Waals surface area contributed by atoms with E-state index in [4.69, 9.17) is 9.84 Å². The van der Waals surface area contributed by atoms with Gasteiger partial charge < -0.3 is 20.5 Å².